The Balaban J connectivity index is 1.49. The van der Waals surface area contributed by atoms with Gasteiger partial charge in [-0.1, -0.05) is 30.4 Å². The number of carbonyl (C=O) groups excluding carboxylic acids is 1. The zero-order valence-corrected chi connectivity index (χ0v) is 13.7. The molecule has 2 atom stereocenters. The van der Waals surface area contributed by atoms with Gasteiger partial charge in [0.15, 0.2) is 0 Å². The van der Waals surface area contributed by atoms with Crippen LogP contribution in [0.3, 0.4) is 0 Å². The van der Waals surface area contributed by atoms with Crippen LogP contribution < -0.4 is 10.1 Å². The van der Waals surface area contributed by atoms with Crippen molar-refractivity contribution in [2.75, 3.05) is 13.2 Å². The number of hydrogen-bond acceptors (Lipinski definition) is 4. The highest BCUT2D eigenvalue weighted by molar-refractivity contribution is 5.85. The van der Waals surface area contributed by atoms with Crippen LogP contribution in [0.4, 0.5) is 0 Å². The second-order valence-electron chi connectivity index (χ2n) is 5.98. The van der Waals surface area contributed by atoms with Gasteiger partial charge >= 0.3 is 5.97 Å². The first-order chi connectivity index (χ1) is 12.1. The molecule has 0 aliphatic heterocycles. The van der Waals surface area contributed by atoms with E-state index in [0.29, 0.717) is 25.3 Å². The minimum atomic E-state index is -0.930. The Morgan fingerprint density at radius 3 is 2.68 bits per heavy atom. The number of aromatic nitrogens is 1. The van der Waals surface area contributed by atoms with Gasteiger partial charge in [-0.05, 0) is 25.0 Å². The summed E-state index contributed by atoms with van der Waals surface area (Å²) in [5.41, 5.74) is 0.849. The van der Waals surface area contributed by atoms with Crippen molar-refractivity contribution in [1.82, 2.24) is 10.3 Å². The summed E-state index contributed by atoms with van der Waals surface area (Å²) in [4.78, 5) is 27.9. The SMILES string of the molecule is O=C(NCCOc1ccc2ccccc2n1)[C@H]1CC=CC[C@H]1C(=O)O. The lowest BCUT2D eigenvalue weighted by Crippen LogP contribution is -2.40. The quantitative estimate of drug-likeness (QED) is 0.623. The van der Waals surface area contributed by atoms with Crippen LogP contribution in [0.2, 0.25) is 0 Å². The van der Waals surface area contributed by atoms with Crippen LogP contribution in [0.25, 0.3) is 10.9 Å². The number of amides is 1. The predicted molar refractivity (Wildman–Crippen MR) is 93.2 cm³/mol. The molecule has 1 aliphatic rings. The minimum absolute atomic E-state index is 0.244. The summed E-state index contributed by atoms with van der Waals surface area (Å²) in [7, 11) is 0. The van der Waals surface area contributed by atoms with Crippen LogP contribution >= 0.6 is 0 Å². The summed E-state index contributed by atoms with van der Waals surface area (Å²) in [6.07, 6.45) is 4.52. The van der Waals surface area contributed by atoms with Crippen molar-refractivity contribution in [3.63, 3.8) is 0 Å². The molecule has 1 amide bonds. The molecule has 0 fully saturated rings. The maximum Gasteiger partial charge on any atom is 0.307 e. The molecule has 1 heterocycles. The van der Waals surface area contributed by atoms with E-state index in [1.165, 1.54) is 0 Å². The third-order valence-electron chi connectivity index (χ3n) is 4.31. The second-order valence-corrected chi connectivity index (χ2v) is 5.98. The number of carboxylic acid groups (broad SMARTS) is 1. The van der Waals surface area contributed by atoms with E-state index in [0.717, 1.165) is 10.9 Å². The van der Waals surface area contributed by atoms with Crippen LogP contribution in [-0.4, -0.2) is 35.1 Å². The molecule has 1 aromatic carbocycles. The fourth-order valence-electron chi connectivity index (χ4n) is 2.97. The minimum Gasteiger partial charge on any atom is -0.481 e. The number of aliphatic carboxylic acids is 1. The molecule has 130 valence electrons. The molecule has 0 radical (unpaired) electrons. The number of para-hydroxylation sites is 1. The number of benzene rings is 1. The standard InChI is InChI=1S/C19H20N2O4/c22-18(14-6-2-3-7-15(14)19(23)24)20-11-12-25-17-10-9-13-5-1-4-8-16(13)21-17/h1-5,8-10,14-15H,6-7,11-12H2,(H,20,22)(H,23,24)/t14-,15+/m0/s1. The normalized spacial score (nSPS) is 19.5. The first kappa shape index (κ1) is 17.0. The molecule has 0 spiro atoms. The first-order valence-electron chi connectivity index (χ1n) is 8.29. The summed E-state index contributed by atoms with van der Waals surface area (Å²) >= 11 is 0. The topological polar surface area (TPSA) is 88.5 Å². The summed E-state index contributed by atoms with van der Waals surface area (Å²) in [5, 5.41) is 13.0. The Morgan fingerprint density at radius 2 is 1.88 bits per heavy atom. The maximum absolute atomic E-state index is 12.2. The highest BCUT2D eigenvalue weighted by atomic mass is 16.5. The zero-order valence-electron chi connectivity index (χ0n) is 13.7. The van der Waals surface area contributed by atoms with Crippen LogP contribution in [0.15, 0.2) is 48.6 Å². The number of allylic oxidation sites excluding steroid dienone is 2. The molecule has 6 heteroatoms. The number of fused-ring (bicyclic) bond motifs is 1. The summed E-state index contributed by atoms with van der Waals surface area (Å²) < 4.78 is 5.57. The Hall–Kier alpha value is -2.89. The lowest BCUT2D eigenvalue weighted by Gasteiger charge is -2.24. The van der Waals surface area contributed by atoms with E-state index in [2.05, 4.69) is 10.3 Å². The monoisotopic (exact) mass is 340 g/mol. The van der Waals surface area contributed by atoms with Crippen LogP contribution in [0.1, 0.15) is 12.8 Å². The molecule has 0 unspecified atom stereocenters. The number of ether oxygens (including phenoxy) is 1. The third kappa shape index (κ3) is 4.15. The van der Waals surface area contributed by atoms with Crippen molar-refractivity contribution in [1.29, 1.82) is 0 Å². The van der Waals surface area contributed by atoms with Gasteiger partial charge in [0.2, 0.25) is 11.8 Å². The molecular weight excluding hydrogens is 320 g/mol. The fraction of sp³-hybridized carbons (Fsp3) is 0.316. The smallest absolute Gasteiger partial charge is 0.307 e. The van der Waals surface area contributed by atoms with Crippen LogP contribution in [0.5, 0.6) is 5.88 Å². The number of nitrogens with zero attached hydrogens (tertiary/aromatic N) is 1. The molecule has 25 heavy (non-hydrogen) atoms. The van der Waals surface area contributed by atoms with E-state index < -0.39 is 17.8 Å². The number of carboxylic acids is 1. The molecule has 1 aromatic heterocycles. The molecular formula is C19H20N2O4. The largest absolute Gasteiger partial charge is 0.481 e. The van der Waals surface area contributed by atoms with Crippen molar-refractivity contribution in [3.8, 4) is 5.88 Å². The average molecular weight is 340 g/mol. The molecule has 2 N–H and O–H groups in total. The van der Waals surface area contributed by atoms with Crippen molar-refractivity contribution >= 4 is 22.8 Å². The molecule has 0 bridgehead atoms. The van der Waals surface area contributed by atoms with Gasteiger partial charge in [-0.3, -0.25) is 9.59 Å². The molecule has 3 rings (SSSR count). The summed E-state index contributed by atoms with van der Waals surface area (Å²) in [5.74, 6) is -1.86. The molecule has 0 saturated carbocycles. The van der Waals surface area contributed by atoms with Gasteiger partial charge in [0.05, 0.1) is 23.9 Å². The van der Waals surface area contributed by atoms with Gasteiger partial charge in [-0.25, -0.2) is 4.98 Å². The molecule has 6 nitrogen and oxygen atoms in total. The zero-order chi connectivity index (χ0) is 17.6. The van der Waals surface area contributed by atoms with Crippen molar-refractivity contribution in [2.45, 2.75) is 12.8 Å². The van der Waals surface area contributed by atoms with E-state index in [1.807, 2.05) is 42.5 Å². The van der Waals surface area contributed by atoms with Gasteiger partial charge in [0.25, 0.3) is 0 Å². The Bertz CT molecular complexity index is 803. The first-order valence-corrected chi connectivity index (χ1v) is 8.29. The van der Waals surface area contributed by atoms with Crippen LogP contribution in [0, 0.1) is 11.8 Å². The Labute approximate surface area is 145 Å². The summed E-state index contributed by atoms with van der Waals surface area (Å²) in [6.45, 7) is 0.581. The lowest BCUT2D eigenvalue weighted by atomic mass is 9.82. The van der Waals surface area contributed by atoms with Gasteiger partial charge in [-0.2, -0.15) is 0 Å². The van der Waals surface area contributed by atoms with Gasteiger partial charge in [0.1, 0.15) is 6.61 Å². The number of pyridine rings is 1. The highest BCUT2D eigenvalue weighted by Gasteiger charge is 2.33. The molecule has 1 aliphatic carbocycles. The lowest BCUT2D eigenvalue weighted by molar-refractivity contribution is -0.147. The molecule has 2 aromatic rings. The number of carbonyl (C=O) groups is 2. The summed E-state index contributed by atoms with van der Waals surface area (Å²) in [6, 6.07) is 11.5. The number of hydrogen-bond donors (Lipinski definition) is 2. The van der Waals surface area contributed by atoms with E-state index >= 15 is 0 Å². The Morgan fingerprint density at radius 1 is 1.12 bits per heavy atom. The third-order valence-corrected chi connectivity index (χ3v) is 4.31. The van der Waals surface area contributed by atoms with E-state index in [4.69, 9.17) is 4.74 Å². The fourth-order valence-corrected chi connectivity index (χ4v) is 2.97. The van der Waals surface area contributed by atoms with Crippen molar-refractivity contribution in [2.24, 2.45) is 11.8 Å². The average Bonchev–Trinajstić information content (AvgIpc) is 2.65. The van der Waals surface area contributed by atoms with Crippen molar-refractivity contribution < 1.29 is 19.4 Å². The van der Waals surface area contributed by atoms with Gasteiger partial charge < -0.3 is 15.2 Å². The highest BCUT2D eigenvalue weighted by Crippen LogP contribution is 2.26. The second kappa shape index (κ2) is 7.79. The molecule has 0 saturated heterocycles. The van der Waals surface area contributed by atoms with Crippen LogP contribution in [-0.2, 0) is 9.59 Å². The Kier molecular flexibility index (Phi) is 5.28. The number of nitrogens with one attached hydrogen (secondary N) is 1. The predicted octanol–water partition coefficient (Wildman–Crippen LogP) is 2.40. The van der Waals surface area contributed by atoms with Gasteiger partial charge in [-0.15, -0.1) is 0 Å². The number of rotatable bonds is 6. The van der Waals surface area contributed by atoms with E-state index in [-0.39, 0.29) is 12.5 Å². The van der Waals surface area contributed by atoms with E-state index in [9.17, 15) is 14.7 Å². The van der Waals surface area contributed by atoms with E-state index in [1.54, 1.807) is 6.07 Å². The van der Waals surface area contributed by atoms with Crippen molar-refractivity contribution in [3.05, 3.63) is 48.6 Å². The maximum atomic E-state index is 12.2. The van der Waals surface area contributed by atoms with Gasteiger partial charge in [0, 0.05) is 11.5 Å².